The van der Waals surface area contributed by atoms with Crippen molar-refractivity contribution >= 4 is 11.7 Å². The minimum Gasteiger partial charge on any atom is -0.481 e. The lowest BCUT2D eigenvalue weighted by molar-refractivity contribution is -0.142. The molecular formula is C13H16FNO2. The highest BCUT2D eigenvalue weighted by Gasteiger charge is 2.25. The zero-order valence-corrected chi connectivity index (χ0v) is 9.53. The molecular weight excluding hydrogens is 221 g/mol. The third-order valence-corrected chi connectivity index (χ3v) is 3.29. The molecule has 1 saturated carbocycles. The van der Waals surface area contributed by atoms with Crippen LogP contribution in [0.5, 0.6) is 0 Å². The molecule has 17 heavy (non-hydrogen) atoms. The molecule has 0 aromatic heterocycles. The van der Waals surface area contributed by atoms with Crippen LogP contribution in [0.4, 0.5) is 10.1 Å². The summed E-state index contributed by atoms with van der Waals surface area (Å²) in [6.07, 6.45) is 3.14. The molecule has 0 atom stereocenters. The van der Waals surface area contributed by atoms with Crippen LogP contribution in [-0.4, -0.2) is 17.1 Å². The minimum absolute atomic E-state index is 0.193. The van der Waals surface area contributed by atoms with E-state index >= 15 is 0 Å². The maximum absolute atomic E-state index is 12.7. The lowest BCUT2D eigenvalue weighted by atomic mass is 9.86. The van der Waals surface area contributed by atoms with Crippen molar-refractivity contribution in [1.82, 2.24) is 0 Å². The highest BCUT2D eigenvalue weighted by atomic mass is 19.1. The van der Waals surface area contributed by atoms with Crippen molar-refractivity contribution in [1.29, 1.82) is 0 Å². The van der Waals surface area contributed by atoms with Gasteiger partial charge in [0.2, 0.25) is 0 Å². The average molecular weight is 237 g/mol. The molecule has 2 rings (SSSR count). The van der Waals surface area contributed by atoms with E-state index in [1.165, 1.54) is 12.1 Å². The summed E-state index contributed by atoms with van der Waals surface area (Å²) in [5.41, 5.74) is 0.894. The number of rotatable bonds is 3. The number of carbonyl (C=O) groups is 1. The van der Waals surface area contributed by atoms with Gasteiger partial charge in [0.25, 0.3) is 0 Å². The van der Waals surface area contributed by atoms with Gasteiger partial charge in [-0.2, -0.15) is 0 Å². The van der Waals surface area contributed by atoms with Crippen LogP contribution in [0.15, 0.2) is 24.3 Å². The summed E-state index contributed by atoms with van der Waals surface area (Å²) >= 11 is 0. The monoisotopic (exact) mass is 237 g/mol. The van der Waals surface area contributed by atoms with E-state index in [1.807, 2.05) is 0 Å². The molecule has 0 saturated heterocycles. The minimum atomic E-state index is -0.690. The van der Waals surface area contributed by atoms with E-state index in [9.17, 15) is 9.18 Å². The van der Waals surface area contributed by atoms with E-state index in [0.29, 0.717) is 18.9 Å². The van der Waals surface area contributed by atoms with Gasteiger partial charge in [0.15, 0.2) is 0 Å². The summed E-state index contributed by atoms with van der Waals surface area (Å²) in [5, 5.41) is 12.2. The lowest BCUT2D eigenvalue weighted by Crippen LogP contribution is -2.29. The van der Waals surface area contributed by atoms with Crippen molar-refractivity contribution in [2.75, 3.05) is 5.32 Å². The second-order valence-corrected chi connectivity index (χ2v) is 4.54. The van der Waals surface area contributed by atoms with Crippen LogP contribution in [0.25, 0.3) is 0 Å². The molecule has 0 bridgehead atoms. The molecule has 92 valence electrons. The lowest BCUT2D eigenvalue weighted by Gasteiger charge is -2.27. The van der Waals surface area contributed by atoms with Crippen LogP contribution in [0.3, 0.4) is 0 Å². The highest BCUT2D eigenvalue weighted by molar-refractivity contribution is 5.70. The molecule has 1 aromatic rings. The van der Waals surface area contributed by atoms with Gasteiger partial charge < -0.3 is 10.4 Å². The fourth-order valence-electron chi connectivity index (χ4n) is 2.27. The predicted molar refractivity (Wildman–Crippen MR) is 63.4 cm³/mol. The summed E-state index contributed by atoms with van der Waals surface area (Å²) in [6.45, 7) is 0. The van der Waals surface area contributed by atoms with Crippen LogP contribution in [-0.2, 0) is 4.79 Å². The molecule has 1 aromatic carbocycles. The SMILES string of the molecule is O=C(O)[C@H]1CC[C@@H](Nc2ccc(F)cc2)CC1. The Hall–Kier alpha value is -1.58. The second-order valence-electron chi connectivity index (χ2n) is 4.54. The number of carboxylic acid groups (broad SMARTS) is 1. The van der Waals surface area contributed by atoms with Crippen molar-refractivity contribution in [2.45, 2.75) is 31.7 Å². The molecule has 4 heteroatoms. The van der Waals surface area contributed by atoms with Crippen LogP contribution >= 0.6 is 0 Å². The Morgan fingerprint density at radius 1 is 1.18 bits per heavy atom. The van der Waals surface area contributed by atoms with Gasteiger partial charge in [-0.25, -0.2) is 4.39 Å². The largest absolute Gasteiger partial charge is 0.481 e. The molecule has 0 radical (unpaired) electrons. The molecule has 1 aliphatic rings. The van der Waals surface area contributed by atoms with Crippen molar-refractivity contribution < 1.29 is 14.3 Å². The predicted octanol–water partition coefficient (Wildman–Crippen LogP) is 2.88. The van der Waals surface area contributed by atoms with Gasteiger partial charge in [-0.1, -0.05) is 0 Å². The molecule has 0 heterocycles. The normalized spacial score (nSPS) is 24.3. The number of hydrogen-bond donors (Lipinski definition) is 2. The first-order valence-corrected chi connectivity index (χ1v) is 5.90. The van der Waals surface area contributed by atoms with E-state index in [2.05, 4.69) is 5.32 Å². The quantitative estimate of drug-likeness (QED) is 0.849. The fourth-order valence-corrected chi connectivity index (χ4v) is 2.27. The first-order valence-electron chi connectivity index (χ1n) is 5.90. The first kappa shape index (κ1) is 11.9. The third-order valence-electron chi connectivity index (χ3n) is 3.29. The summed E-state index contributed by atoms with van der Waals surface area (Å²) in [7, 11) is 0. The number of aliphatic carboxylic acids is 1. The molecule has 0 unspecified atom stereocenters. The Balaban J connectivity index is 1.85. The van der Waals surface area contributed by atoms with Gasteiger partial charge in [0.05, 0.1) is 5.92 Å². The zero-order valence-electron chi connectivity index (χ0n) is 9.53. The van der Waals surface area contributed by atoms with E-state index in [0.717, 1.165) is 18.5 Å². The standard InChI is InChI=1S/C13H16FNO2/c14-10-3-7-12(8-4-10)15-11-5-1-9(2-6-11)13(16)17/h3-4,7-9,11,15H,1-2,5-6H2,(H,16,17)/t9-,11+. The van der Waals surface area contributed by atoms with Gasteiger partial charge in [-0.3, -0.25) is 4.79 Å². The molecule has 2 N–H and O–H groups in total. The number of anilines is 1. The van der Waals surface area contributed by atoms with Gasteiger partial charge in [0, 0.05) is 11.7 Å². The average Bonchev–Trinajstić information content (AvgIpc) is 2.33. The maximum atomic E-state index is 12.7. The molecule has 1 fully saturated rings. The highest BCUT2D eigenvalue weighted by Crippen LogP contribution is 2.26. The van der Waals surface area contributed by atoms with Crippen LogP contribution in [0, 0.1) is 11.7 Å². The molecule has 3 nitrogen and oxygen atoms in total. The fraction of sp³-hybridized carbons (Fsp3) is 0.462. The molecule has 1 aliphatic carbocycles. The van der Waals surface area contributed by atoms with Crippen LogP contribution in [0.1, 0.15) is 25.7 Å². The summed E-state index contributed by atoms with van der Waals surface area (Å²) in [6, 6.07) is 6.56. The smallest absolute Gasteiger partial charge is 0.306 e. The number of carboxylic acids is 1. The van der Waals surface area contributed by atoms with Gasteiger partial charge in [-0.15, -0.1) is 0 Å². The van der Waals surface area contributed by atoms with E-state index in [4.69, 9.17) is 5.11 Å². The Kier molecular flexibility index (Phi) is 3.61. The molecule has 0 amide bonds. The van der Waals surface area contributed by atoms with Crippen molar-refractivity contribution in [3.63, 3.8) is 0 Å². The third kappa shape index (κ3) is 3.19. The Morgan fingerprint density at radius 2 is 1.76 bits per heavy atom. The Labute approximate surface area is 99.7 Å². The van der Waals surface area contributed by atoms with Crippen molar-refractivity contribution in [2.24, 2.45) is 5.92 Å². The van der Waals surface area contributed by atoms with Gasteiger partial charge in [-0.05, 0) is 49.9 Å². The number of halogens is 1. The number of benzene rings is 1. The molecule has 0 aliphatic heterocycles. The maximum Gasteiger partial charge on any atom is 0.306 e. The number of nitrogens with one attached hydrogen (secondary N) is 1. The Bertz CT molecular complexity index is 383. The summed E-state index contributed by atoms with van der Waals surface area (Å²) in [4.78, 5) is 10.8. The second kappa shape index (κ2) is 5.17. The number of hydrogen-bond acceptors (Lipinski definition) is 2. The zero-order chi connectivity index (χ0) is 12.3. The van der Waals surface area contributed by atoms with Crippen molar-refractivity contribution in [3.8, 4) is 0 Å². The van der Waals surface area contributed by atoms with Crippen LogP contribution < -0.4 is 5.32 Å². The van der Waals surface area contributed by atoms with Crippen molar-refractivity contribution in [3.05, 3.63) is 30.1 Å². The van der Waals surface area contributed by atoms with E-state index in [1.54, 1.807) is 12.1 Å². The summed E-state index contributed by atoms with van der Waals surface area (Å²) in [5.74, 6) is -1.13. The van der Waals surface area contributed by atoms with Crippen LogP contribution in [0.2, 0.25) is 0 Å². The first-order chi connectivity index (χ1) is 8.15. The summed E-state index contributed by atoms with van der Waals surface area (Å²) < 4.78 is 12.7. The van der Waals surface area contributed by atoms with Gasteiger partial charge >= 0.3 is 5.97 Å². The van der Waals surface area contributed by atoms with E-state index < -0.39 is 5.97 Å². The van der Waals surface area contributed by atoms with E-state index in [-0.39, 0.29) is 11.7 Å². The molecule has 0 spiro atoms. The Morgan fingerprint density at radius 3 is 2.29 bits per heavy atom. The topological polar surface area (TPSA) is 49.3 Å². The van der Waals surface area contributed by atoms with Gasteiger partial charge in [0.1, 0.15) is 5.82 Å².